The van der Waals surface area contributed by atoms with E-state index in [2.05, 4.69) is 15.9 Å². The zero-order valence-electron chi connectivity index (χ0n) is 14.7. The van der Waals surface area contributed by atoms with Gasteiger partial charge in [0.1, 0.15) is 0 Å². The van der Waals surface area contributed by atoms with Crippen molar-refractivity contribution in [2.24, 2.45) is 0 Å². The SMILES string of the molecule is Cc1cc(C(=O)C(=CC(F)(F)F)c2cc(C(F)(F)F)cc(C(F)(F)F)c2)ccc1Br. The molecule has 162 valence electrons. The quantitative estimate of drug-likeness (QED) is 0.238. The lowest BCUT2D eigenvalue weighted by molar-refractivity contribution is -0.143. The number of allylic oxidation sites excluding steroid dienone is 2. The summed E-state index contributed by atoms with van der Waals surface area (Å²) in [7, 11) is 0. The first-order valence-corrected chi connectivity index (χ1v) is 8.68. The second-order valence-electron chi connectivity index (χ2n) is 6.19. The van der Waals surface area contributed by atoms with E-state index in [-0.39, 0.29) is 23.8 Å². The summed E-state index contributed by atoms with van der Waals surface area (Å²) < 4.78 is 118. The van der Waals surface area contributed by atoms with Crippen molar-refractivity contribution in [1.82, 2.24) is 0 Å². The maximum atomic E-state index is 13.1. The molecule has 0 spiro atoms. The Bertz CT molecular complexity index is 966. The second-order valence-corrected chi connectivity index (χ2v) is 7.04. The van der Waals surface area contributed by atoms with Crippen LogP contribution < -0.4 is 0 Å². The Morgan fingerprint density at radius 3 is 1.70 bits per heavy atom. The van der Waals surface area contributed by atoms with Gasteiger partial charge in [-0.2, -0.15) is 39.5 Å². The summed E-state index contributed by atoms with van der Waals surface area (Å²) in [4.78, 5) is 12.7. The van der Waals surface area contributed by atoms with E-state index in [1.807, 2.05) is 0 Å². The molecule has 1 nitrogen and oxygen atoms in total. The number of rotatable bonds is 3. The predicted octanol–water partition coefficient (Wildman–Crippen LogP) is 7.62. The fourth-order valence-corrected chi connectivity index (χ4v) is 2.74. The predicted molar refractivity (Wildman–Crippen MR) is 93.7 cm³/mol. The lowest BCUT2D eigenvalue weighted by Gasteiger charge is -2.16. The van der Waals surface area contributed by atoms with Crippen molar-refractivity contribution in [3.05, 3.63) is 74.8 Å². The van der Waals surface area contributed by atoms with Gasteiger partial charge in [-0.25, -0.2) is 0 Å². The van der Waals surface area contributed by atoms with Gasteiger partial charge < -0.3 is 0 Å². The standard InChI is InChI=1S/C19H10BrF9O/c1-9-4-10(2-3-15(9)20)16(30)14(8-17(21,22)23)11-5-12(18(24,25)26)7-13(6-11)19(27,28)29/h2-8H,1H3. The number of ketones is 1. The van der Waals surface area contributed by atoms with Crippen molar-refractivity contribution in [1.29, 1.82) is 0 Å². The molecule has 0 amide bonds. The molecule has 0 saturated heterocycles. The summed E-state index contributed by atoms with van der Waals surface area (Å²) >= 11 is 3.12. The number of carbonyl (C=O) groups is 1. The van der Waals surface area contributed by atoms with E-state index in [1.165, 1.54) is 13.0 Å². The highest BCUT2D eigenvalue weighted by molar-refractivity contribution is 9.10. The number of benzene rings is 2. The van der Waals surface area contributed by atoms with E-state index in [4.69, 9.17) is 0 Å². The molecule has 0 N–H and O–H groups in total. The van der Waals surface area contributed by atoms with Crippen molar-refractivity contribution in [2.75, 3.05) is 0 Å². The Morgan fingerprint density at radius 2 is 1.30 bits per heavy atom. The first kappa shape index (κ1) is 24.0. The summed E-state index contributed by atoms with van der Waals surface area (Å²) in [6, 6.07) is 3.51. The smallest absolute Gasteiger partial charge is 0.289 e. The molecule has 0 radical (unpaired) electrons. The molecule has 0 aliphatic carbocycles. The number of alkyl halides is 9. The zero-order valence-corrected chi connectivity index (χ0v) is 16.3. The molecule has 0 saturated carbocycles. The number of aryl methyl sites for hydroxylation is 1. The van der Waals surface area contributed by atoms with Crippen molar-refractivity contribution < 1.29 is 44.3 Å². The summed E-state index contributed by atoms with van der Waals surface area (Å²) in [5, 5.41) is 0. The third-order valence-corrected chi connectivity index (χ3v) is 4.76. The summed E-state index contributed by atoms with van der Waals surface area (Å²) in [5.41, 5.74) is -6.08. The van der Waals surface area contributed by atoms with Crippen LogP contribution in [0, 0.1) is 6.92 Å². The fourth-order valence-electron chi connectivity index (χ4n) is 2.50. The molecule has 0 bridgehead atoms. The molecule has 0 aromatic heterocycles. The van der Waals surface area contributed by atoms with Crippen molar-refractivity contribution in [3.63, 3.8) is 0 Å². The lowest BCUT2D eigenvalue weighted by Crippen LogP contribution is -2.14. The molecule has 2 aromatic rings. The minimum absolute atomic E-state index is 0.0798. The van der Waals surface area contributed by atoms with Crippen molar-refractivity contribution >= 4 is 27.3 Å². The van der Waals surface area contributed by atoms with Crippen LogP contribution >= 0.6 is 15.9 Å². The molecule has 11 heteroatoms. The van der Waals surface area contributed by atoms with Crippen molar-refractivity contribution in [3.8, 4) is 0 Å². The van der Waals surface area contributed by atoms with Gasteiger partial charge in [-0.3, -0.25) is 4.79 Å². The third kappa shape index (κ3) is 5.87. The fraction of sp³-hybridized carbons (Fsp3) is 0.211. The topological polar surface area (TPSA) is 17.1 Å². The van der Waals surface area contributed by atoms with Crippen LogP contribution in [-0.4, -0.2) is 12.0 Å². The number of hydrogen-bond acceptors (Lipinski definition) is 1. The van der Waals surface area contributed by atoms with E-state index in [9.17, 15) is 44.3 Å². The minimum atomic E-state index is -5.28. The Hall–Kier alpha value is -2.30. The van der Waals surface area contributed by atoms with Crippen LogP contribution in [0.5, 0.6) is 0 Å². The lowest BCUT2D eigenvalue weighted by atomic mass is 9.92. The summed E-state index contributed by atoms with van der Waals surface area (Å²) in [5.74, 6) is -1.38. The van der Waals surface area contributed by atoms with Crippen LogP contribution in [0.1, 0.15) is 32.6 Å². The van der Waals surface area contributed by atoms with E-state index in [1.54, 1.807) is 0 Å². The monoisotopic (exact) mass is 504 g/mol. The van der Waals surface area contributed by atoms with Crippen LogP contribution in [0.3, 0.4) is 0 Å². The molecule has 2 rings (SSSR count). The van der Waals surface area contributed by atoms with E-state index in [0.29, 0.717) is 10.0 Å². The van der Waals surface area contributed by atoms with Gasteiger partial charge in [0.25, 0.3) is 0 Å². The maximum absolute atomic E-state index is 13.1. The molecule has 0 unspecified atom stereocenters. The second kappa shape index (κ2) is 8.09. The normalized spacial score (nSPS) is 13.5. The highest BCUT2D eigenvalue weighted by Crippen LogP contribution is 2.39. The first-order valence-electron chi connectivity index (χ1n) is 7.89. The minimum Gasteiger partial charge on any atom is -0.289 e. The van der Waals surface area contributed by atoms with Crippen molar-refractivity contribution in [2.45, 2.75) is 25.5 Å². The van der Waals surface area contributed by atoms with Crippen LogP contribution in [0.2, 0.25) is 0 Å². The molecule has 0 heterocycles. The highest BCUT2D eigenvalue weighted by Gasteiger charge is 2.38. The van der Waals surface area contributed by atoms with Gasteiger partial charge >= 0.3 is 18.5 Å². The van der Waals surface area contributed by atoms with Crippen LogP contribution in [0.4, 0.5) is 39.5 Å². The Morgan fingerprint density at radius 1 is 0.800 bits per heavy atom. The Balaban J connectivity index is 2.78. The molecule has 30 heavy (non-hydrogen) atoms. The number of hydrogen-bond donors (Lipinski definition) is 0. The van der Waals surface area contributed by atoms with Crippen LogP contribution in [-0.2, 0) is 12.4 Å². The van der Waals surface area contributed by atoms with E-state index < -0.39 is 52.7 Å². The largest absolute Gasteiger partial charge is 0.416 e. The summed E-state index contributed by atoms with van der Waals surface area (Å²) in [6.07, 6.45) is -16.3. The van der Waals surface area contributed by atoms with Gasteiger partial charge in [-0.15, -0.1) is 0 Å². The number of halogens is 10. The van der Waals surface area contributed by atoms with Gasteiger partial charge in [-0.05, 0) is 54.4 Å². The molecular formula is C19H10BrF9O. The highest BCUT2D eigenvalue weighted by atomic mass is 79.9. The van der Waals surface area contributed by atoms with Crippen LogP contribution in [0.15, 0.2) is 46.9 Å². The average Bonchev–Trinajstić information content (AvgIpc) is 2.59. The molecule has 0 atom stereocenters. The zero-order chi connectivity index (χ0) is 23.1. The van der Waals surface area contributed by atoms with Gasteiger partial charge in [0, 0.05) is 21.7 Å². The molecule has 0 fully saturated rings. The molecule has 0 aliphatic heterocycles. The van der Waals surface area contributed by atoms with E-state index >= 15 is 0 Å². The Kier molecular flexibility index (Phi) is 6.46. The molecule has 2 aromatic carbocycles. The number of carbonyl (C=O) groups excluding carboxylic acids is 1. The molecule has 0 aliphatic rings. The third-order valence-electron chi connectivity index (χ3n) is 3.87. The Labute approximate surface area is 172 Å². The van der Waals surface area contributed by atoms with Crippen LogP contribution in [0.25, 0.3) is 5.57 Å². The average molecular weight is 505 g/mol. The van der Waals surface area contributed by atoms with E-state index in [0.717, 1.165) is 12.1 Å². The number of Topliss-reactive ketones (excluding diaryl/α,β-unsaturated/α-hetero) is 1. The maximum Gasteiger partial charge on any atom is 0.416 e. The first-order chi connectivity index (χ1) is 13.5. The molecular weight excluding hydrogens is 495 g/mol. The van der Waals surface area contributed by atoms with Gasteiger partial charge in [0.05, 0.1) is 11.1 Å². The van der Waals surface area contributed by atoms with Gasteiger partial charge in [-0.1, -0.05) is 15.9 Å². The van der Waals surface area contributed by atoms with Gasteiger partial charge in [0.2, 0.25) is 0 Å². The van der Waals surface area contributed by atoms with Gasteiger partial charge in [0.15, 0.2) is 5.78 Å². The summed E-state index contributed by atoms with van der Waals surface area (Å²) in [6.45, 7) is 1.50.